The van der Waals surface area contributed by atoms with E-state index in [2.05, 4.69) is 38.2 Å². The number of nitrogens with one attached hydrogen (secondary N) is 1. The molecule has 0 aliphatic heterocycles. The van der Waals surface area contributed by atoms with E-state index in [1.807, 2.05) is 6.92 Å². The van der Waals surface area contributed by atoms with E-state index in [0.717, 1.165) is 6.54 Å². The molecule has 0 fully saturated rings. The molecule has 0 aromatic heterocycles. The minimum atomic E-state index is 0.158. The summed E-state index contributed by atoms with van der Waals surface area (Å²) >= 11 is 0. The van der Waals surface area contributed by atoms with E-state index in [1.165, 1.54) is 22.3 Å². The third kappa shape index (κ3) is 3.33. The third-order valence-corrected chi connectivity index (χ3v) is 2.74. The second-order valence-electron chi connectivity index (χ2n) is 4.34. The summed E-state index contributed by atoms with van der Waals surface area (Å²) in [6, 6.07) is 4.56. The standard InChI is InChI=1S/C13H21NO/c1-9-5-10(2)13(11(3)6-9)7-14-12(4)8-15/h5-6,12,14-15H,7-8H2,1-4H3. The highest BCUT2D eigenvalue weighted by atomic mass is 16.3. The number of hydrogen-bond acceptors (Lipinski definition) is 2. The van der Waals surface area contributed by atoms with Crippen LogP contribution in [0.5, 0.6) is 0 Å². The minimum absolute atomic E-state index is 0.158. The average molecular weight is 207 g/mol. The molecule has 1 aromatic carbocycles. The fraction of sp³-hybridized carbons (Fsp3) is 0.538. The van der Waals surface area contributed by atoms with Crippen LogP contribution in [0.15, 0.2) is 12.1 Å². The number of aryl methyl sites for hydroxylation is 3. The predicted molar refractivity (Wildman–Crippen MR) is 64.0 cm³/mol. The lowest BCUT2D eigenvalue weighted by Crippen LogP contribution is -2.29. The molecule has 0 saturated carbocycles. The van der Waals surface area contributed by atoms with E-state index in [1.54, 1.807) is 0 Å². The Bertz CT molecular complexity index is 310. The van der Waals surface area contributed by atoms with Crippen LogP contribution in [0.3, 0.4) is 0 Å². The Morgan fingerprint density at radius 1 is 1.20 bits per heavy atom. The van der Waals surface area contributed by atoms with Crippen LogP contribution in [-0.4, -0.2) is 17.8 Å². The van der Waals surface area contributed by atoms with E-state index in [-0.39, 0.29) is 12.6 Å². The molecular weight excluding hydrogens is 186 g/mol. The van der Waals surface area contributed by atoms with Crippen LogP contribution in [0.2, 0.25) is 0 Å². The van der Waals surface area contributed by atoms with Gasteiger partial charge in [-0.15, -0.1) is 0 Å². The molecule has 0 saturated heterocycles. The summed E-state index contributed by atoms with van der Waals surface area (Å²) in [7, 11) is 0. The lowest BCUT2D eigenvalue weighted by molar-refractivity contribution is 0.251. The second-order valence-corrected chi connectivity index (χ2v) is 4.34. The first-order chi connectivity index (χ1) is 7.04. The molecule has 1 rings (SSSR count). The van der Waals surface area contributed by atoms with E-state index in [9.17, 15) is 0 Å². The summed E-state index contributed by atoms with van der Waals surface area (Å²) in [4.78, 5) is 0. The quantitative estimate of drug-likeness (QED) is 0.792. The molecule has 1 atom stereocenters. The lowest BCUT2D eigenvalue weighted by Gasteiger charge is -2.15. The molecule has 1 aromatic rings. The number of aliphatic hydroxyl groups is 1. The van der Waals surface area contributed by atoms with E-state index >= 15 is 0 Å². The Kier molecular flexibility index (Phi) is 4.30. The Morgan fingerprint density at radius 3 is 2.20 bits per heavy atom. The van der Waals surface area contributed by atoms with Crippen molar-refractivity contribution in [3.8, 4) is 0 Å². The van der Waals surface area contributed by atoms with Crippen LogP contribution in [0.4, 0.5) is 0 Å². The molecule has 2 nitrogen and oxygen atoms in total. The van der Waals surface area contributed by atoms with Crippen molar-refractivity contribution in [3.05, 3.63) is 34.4 Å². The fourth-order valence-corrected chi connectivity index (χ4v) is 1.83. The molecule has 0 aliphatic carbocycles. The number of rotatable bonds is 4. The zero-order chi connectivity index (χ0) is 11.4. The molecule has 2 heteroatoms. The highest BCUT2D eigenvalue weighted by molar-refractivity contribution is 5.37. The monoisotopic (exact) mass is 207 g/mol. The molecule has 0 bridgehead atoms. The van der Waals surface area contributed by atoms with Crippen LogP contribution in [0.1, 0.15) is 29.2 Å². The van der Waals surface area contributed by atoms with Crippen LogP contribution < -0.4 is 5.32 Å². The number of benzene rings is 1. The Hall–Kier alpha value is -0.860. The van der Waals surface area contributed by atoms with Gasteiger partial charge in [0.05, 0.1) is 6.61 Å². The van der Waals surface area contributed by atoms with Crippen LogP contribution in [0.25, 0.3) is 0 Å². The van der Waals surface area contributed by atoms with Gasteiger partial charge in [-0.2, -0.15) is 0 Å². The summed E-state index contributed by atoms with van der Waals surface area (Å²) in [6.07, 6.45) is 0. The van der Waals surface area contributed by atoms with E-state index in [4.69, 9.17) is 5.11 Å². The fourth-order valence-electron chi connectivity index (χ4n) is 1.83. The maximum absolute atomic E-state index is 8.93. The topological polar surface area (TPSA) is 32.3 Å². The maximum atomic E-state index is 8.93. The smallest absolute Gasteiger partial charge is 0.0582 e. The van der Waals surface area contributed by atoms with Crippen molar-refractivity contribution in [1.82, 2.24) is 5.32 Å². The van der Waals surface area contributed by atoms with E-state index in [0.29, 0.717) is 0 Å². The average Bonchev–Trinajstić information content (AvgIpc) is 2.15. The van der Waals surface area contributed by atoms with Crippen molar-refractivity contribution in [2.45, 2.75) is 40.3 Å². The van der Waals surface area contributed by atoms with Gasteiger partial charge in [-0.05, 0) is 44.4 Å². The van der Waals surface area contributed by atoms with Gasteiger partial charge in [0.15, 0.2) is 0 Å². The van der Waals surface area contributed by atoms with Crippen LogP contribution in [-0.2, 0) is 6.54 Å². The first kappa shape index (κ1) is 12.2. The second kappa shape index (κ2) is 5.29. The number of hydrogen-bond donors (Lipinski definition) is 2. The molecular formula is C13H21NO. The molecule has 0 heterocycles. The van der Waals surface area contributed by atoms with Crippen molar-refractivity contribution in [1.29, 1.82) is 0 Å². The van der Waals surface area contributed by atoms with Gasteiger partial charge >= 0.3 is 0 Å². The van der Waals surface area contributed by atoms with Gasteiger partial charge in [0.25, 0.3) is 0 Å². The summed E-state index contributed by atoms with van der Waals surface area (Å²) in [6.45, 7) is 9.40. The summed E-state index contributed by atoms with van der Waals surface area (Å²) in [5.41, 5.74) is 5.31. The molecule has 0 radical (unpaired) electrons. The summed E-state index contributed by atoms with van der Waals surface area (Å²) < 4.78 is 0. The normalized spacial score (nSPS) is 12.9. The molecule has 0 aliphatic rings. The predicted octanol–water partition coefficient (Wildman–Crippen LogP) is 2.08. The molecule has 2 N–H and O–H groups in total. The summed E-state index contributed by atoms with van der Waals surface area (Å²) in [5, 5.41) is 12.2. The van der Waals surface area contributed by atoms with Gasteiger partial charge in [-0.25, -0.2) is 0 Å². The third-order valence-electron chi connectivity index (χ3n) is 2.74. The van der Waals surface area contributed by atoms with E-state index < -0.39 is 0 Å². The summed E-state index contributed by atoms with van der Waals surface area (Å²) in [5.74, 6) is 0. The zero-order valence-electron chi connectivity index (χ0n) is 10.1. The van der Waals surface area contributed by atoms with Crippen LogP contribution in [0, 0.1) is 20.8 Å². The van der Waals surface area contributed by atoms with Gasteiger partial charge < -0.3 is 10.4 Å². The van der Waals surface area contributed by atoms with Gasteiger partial charge in [0.2, 0.25) is 0 Å². The largest absolute Gasteiger partial charge is 0.395 e. The Labute approximate surface area is 92.3 Å². The molecule has 0 spiro atoms. The van der Waals surface area contributed by atoms with Crippen LogP contribution >= 0.6 is 0 Å². The highest BCUT2D eigenvalue weighted by Crippen LogP contribution is 2.16. The molecule has 15 heavy (non-hydrogen) atoms. The molecule has 1 unspecified atom stereocenters. The van der Waals surface area contributed by atoms with Gasteiger partial charge in [0, 0.05) is 12.6 Å². The lowest BCUT2D eigenvalue weighted by atomic mass is 10.00. The molecule has 0 amide bonds. The Morgan fingerprint density at radius 2 is 1.73 bits per heavy atom. The van der Waals surface area contributed by atoms with Gasteiger partial charge in [0.1, 0.15) is 0 Å². The van der Waals surface area contributed by atoms with Gasteiger partial charge in [-0.3, -0.25) is 0 Å². The first-order valence-corrected chi connectivity index (χ1v) is 5.45. The minimum Gasteiger partial charge on any atom is -0.395 e. The Balaban J connectivity index is 2.77. The zero-order valence-corrected chi connectivity index (χ0v) is 10.1. The number of aliphatic hydroxyl groups excluding tert-OH is 1. The maximum Gasteiger partial charge on any atom is 0.0582 e. The first-order valence-electron chi connectivity index (χ1n) is 5.45. The van der Waals surface area contributed by atoms with Crippen molar-refractivity contribution < 1.29 is 5.11 Å². The highest BCUT2D eigenvalue weighted by Gasteiger charge is 2.05. The SMILES string of the molecule is Cc1cc(C)c(CNC(C)CO)c(C)c1. The van der Waals surface area contributed by atoms with Crippen molar-refractivity contribution in [2.24, 2.45) is 0 Å². The van der Waals surface area contributed by atoms with Crippen molar-refractivity contribution in [2.75, 3.05) is 6.61 Å². The van der Waals surface area contributed by atoms with Crippen molar-refractivity contribution in [3.63, 3.8) is 0 Å². The van der Waals surface area contributed by atoms with Crippen molar-refractivity contribution >= 4 is 0 Å². The van der Waals surface area contributed by atoms with Gasteiger partial charge in [-0.1, -0.05) is 17.7 Å². The molecule has 84 valence electrons.